The maximum atomic E-state index is 11.9. The van der Waals surface area contributed by atoms with Crippen molar-refractivity contribution in [3.05, 3.63) is 118 Å². The number of aromatic carboxylic acids is 1. The number of phenols is 1. The van der Waals surface area contributed by atoms with Crippen LogP contribution in [0, 0.1) is 11.8 Å². The van der Waals surface area contributed by atoms with Crippen LogP contribution in [0.15, 0.2) is 112 Å². The van der Waals surface area contributed by atoms with Crippen molar-refractivity contribution in [1.82, 2.24) is 0 Å². The average Bonchev–Trinajstić information content (AvgIpc) is 3.22. The van der Waals surface area contributed by atoms with Gasteiger partial charge >= 0.3 is 5.97 Å². The summed E-state index contributed by atoms with van der Waals surface area (Å²) in [5.41, 5.74) is 6.04. The molecule has 0 heterocycles. The standard InChI is InChI=1S/C32H39BrO4.C17H19BrO2/c1-4-6-7-8-9-10-19-36-27-16-17-28(32(34)35)29(21-27)25-13-11-24(12-14-25)26-15-18-31(30(33)20-26)37-22-23(3)5-2;1-3-12(2)11-20-17-9-6-14(10-16(17)18)13-4-7-15(19)8-5-13/h11-18,20-21,23H,4-10,19,22H2,1-3H3,(H,34,35);4-10,12,19H,3,11H2,1-2H3. The first kappa shape index (κ1) is 45.4. The molecule has 0 amide bonds. The summed E-state index contributed by atoms with van der Waals surface area (Å²) in [6.07, 6.45) is 9.40. The molecule has 2 N–H and O–H groups in total. The molecule has 2 unspecified atom stereocenters. The van der Waals surface area contributed by atoms with E-state index in [1.807, 2.05) is 72.8 Å². The number of unbranched alkanes of at least 4 members (excludes halogenated alkanes) is 5. The van der Waals surface area contributed by atoms with Crippen LogP contribution in [0.1, 0.15) is 96.3 Å². The number of phenolic OH excluding ortho intramolecular Hbond substituents is 1. The molecule has 5 aromatic rings. The third-order valence-corrected chi connectivity index (χ3v) is 11.3. The van der Waals surface area contributed by atoms with Crippen molar-refractivity contribution in [3.8, 4) is 56.4 Å². The van der Waals surface area contributed by atoms with E-state index in [-0.39, 0.29) is 11.3 Å². The summed E-state index contributed by atoms with van der Waals surface area (Å²) >= 11 is 7.19. The number of aromatic hydroxyl groups is 1. The van der Waals surface area contributed by atoms with Crippen LogP contribution in [0.4, 0.5) is 0 Å². The first-order valence-corrected chi connectivity index (χ1v) is 21.9. The average molecular weight is 903 g/mol. The summed E-state index contributed by atoms with van der Waals surface area (Å²) in [5, 5.41) is 19.1. The third kappa shape index (κ3) is 14.6. The molecular formula is C49H58Br2O6. The Labute approximate surface area is 356 Å². The monoisotopic (exact) mass is 900 g/mol. The molecule has 0 aromatic heterocycles. The zero-order valence-corrected chi connectivity index (χ0v) is 37.2. The highest BCUT2D eigenvalue weighted by atomic mass is 79.9. The SMILES string of the molecule is CCC(C)COc1ccc(-c2ccc(O)cc2)cc1Br.CCCCCCCCOc1ccc(C(=O)O)c(-c2ccc(-c3ccc(OCC(C)CC)c(Br)c3)cc2)c1. The largest absolute Gasteiger partial charge is 0.508 e. The number of hydrogen-bond acceptors (Lipinski definition) is 5. The number of carboxylic acids is 1. The Morgan fingerprint density at radius 1 is 0.579 bits per heavy atom. The summed E-state index contributed by atoms with van der Waals surface area (Å²) < 4.78 is 19.6. The molecule has 0 saturated heterocycles. The summed E-state index contributed by atoms with van der Waals surface area (Å²) in [6, 6.07) is 32.5. The Balaban J connectivity index is 0.000000302. The second kappa shape index (κ2) is 23.8. The van der Waals surface area contributed by atoms with Crippen molar-refractivity contribution in [1.29, 1.82) is 0 Å². The normalized spacial score (nSPS) is 11.9. The van der Waals surface area contributed by atoms with Gasteiger partial charge in [0.05, 0.1) is 34.3 Å². The van der Waals surface area contributed by atoms with Crippen LogP contribution in [0.2, 0.25) is 0 Å². The number of benzene rings is 5. The molecule has 0 radical (unpaired) electrons. The predicted molar refractivity (Wildman–Crippen MR) is 242 cm³/mol. The molecular weight excluding hydrogens is 844 g/mol. The predicted octanol–water partition coefficient (Wildman–Crippen LogP) is 14.9. The van der Waals surface area contributed by atoms with E-state index in [0.717, 1.165) is 80.6 Å². The van der Waals surface area contributed by atoms with Crippen molar-refractivity contribution in [2.24, 2.45) is 11.8 Å². The molecule has 0 spiro atoms. The highest BCUT2D eigenvalue weighted by Crippen LogP contribution is 2.35. The van der Waals surface area contributed by atoms with E-state index >= 15 is 0 Å². The number of carboxylic acid groups (broad SMARTS) is 1. The van der Waals surface area contributed by atoms with Gasteiger partial charge < -0.3 is 24.4 Å². The molecule has 5 rings (SSSR count). The zero-order chi connectivity index (χ0) is 41.2. The molecule has 0 aliphatic heterocycles. The second-order valence-electron chi connectivity index (χ2n) is 14.7. The summed E-state index contributed by atoms with van der Waals surface area (Å²) in [7, 11) is 0. The molecule has 2 atom stereocenters. The van der Waals surface area contributed by atoms with Crippen molar-refractivity contribution < 1.29 is 29.2 Å². The van der Waals surface area contributed by atoms with Gasteiger partial charge in [0.15, 0.2) is 0 Å². The van der Waals surface area contributed by atoms with Gasteiger partial charge in [0.25, 0.3) is 0 Å². The van der Waals surface area contributed by atoms with Crippen LogP contribution in [-0.2, 0) is 0 Å². The van der Waals surface area contributed by atoms with Gasteiger partial charge in [0.1, 0.15) is 23.0 Å². The topological polar surface area (TPSA) is 85.2 Å². The third-order valence-electron chi connectivity index (χ3n) is 10.0. The van der Waals surface area contributed by atoms with Crippen molar-refractivity contribution in [2.75, 3.05) is 19.8 Å². The van der Waals surface area contributed by atoms with Crippen molar-refractivity contribution >= 4 is 37.8 Å². The highest BCUT2D eigenvalue weighted by molar-refractivity contribution is 9.11. The molecule has 0 aliphatic rings. The van der Waals surface area contributed by atoms with E-state index in [1.165, 1.54) is 25.7 Å². The second-order valence-corrected chi connectivity index (χ2v) is 16.4. The maximum absolute atomic E-state index is 11.9. The van der Waals surface area contributed by atoms with E-state index in [2.05, 4.69) is 72.5 Å². The van der Waals surface area contributed by atoms with E-state index in [1.54, 1.807) is 24.3 Å². The maximum Gasteiger partial charge on any atom is 0.336 e. The van der Waals surface area contributed by atoms with Crippen LogP contribution in [0.25, 0.3) is 33.4 Å². The van der Waals surface area contributed by atoms with Gasteiger partial charge in [-0.1, -0.05) is 128 Å². The van der Waals surface area contributed by atoms with Gasteiger partial charge in [-0.2, -0.15) is 0 Å². The molecule has 5 aromatic carbocycles. The van der Waals surface area contributed by atoms with Gasteiger partial charge in [-0.15, -0.1) is 0 Å². The van der Waals surface area contributed by atoms with Gasteiger partial charge in [-0.3, -0.25) is 0 Å². The van der Waals surface area contributed by atoms with Crippen LogP contribution in [0.5, 0.6) is 23.0 Å². The smallest absolute Gasteiger partial charge is 0.336 e. The fourth-order valence-electron chi connectivity index (χ4n) is 5.90. The minimum Gasteiger partial charge on any atom is -0.508 e. The van der Waals surface area contributed by atoms with Crippen molar-refractivity contribution in [2.45, 2.75) is 86.0 Å². The Kier molecular flexibility index (Phi) is 19.0. The van der Waals surface area contributed by atoms with E-state index < -0.39 is 5.97 Å². The number of hydrogen-bond donors (Lipinski definition) is 2. The van der Waals surface area contributed by atoms with E-state index in [0.29, 0.717) is 36.4 Å². The Morgan fingerprint density at radius 2 is 1.05 bits per heavy atom. The first-order chi connectivity index (χ1) is 27.5. The molecule has 304 valence electrons. The molecule has 0 fully saturated rings. The van der Waals surface area contributed by atoms with Gasteiger partial charge in [-0.05, 0) is 138 Å². The summed E-state index contributed by atoms with van der Waals surface area (Å²) in [6.45, 7) is 13.0. The lowest BCUT2D eigenvalue weighted by Crippen LogP contribution is -2.07. The van der Waals surface area contributed by atoms with Gasteiger partial charge in [0.2, 0.25) is 0 Å². The lowest BCUT2D eigenvalue weighted by Gasteiger charge is -2.14. The van der Waals surface area contributed by atoms with Crippen LogP contribution < -0.4 is 14.2 Å². The van der Waals surface area contributed by atoms with Gasteiger partial charge in [-0.25, -0.2) is 4.79 Å². The Morgan fingerprint density at radius 3 is 1.54 bits per heavy atom. The number of rotatable bonds is 20. The zero-order valence-electron chi connectivity index (χ0n) is 34.0. The van der Waals surface area contributed by atoms with Crippen LogP contribution in [-0.4, -0.2) is 36.0 Å². The van der Waals surface area contributed by atoms with E-state index in [4.69, 9.17) is 14.2 Å². The minimum absolute atomic E-state index is 0.269. The summed E-state index contributed by atoms with van der Waals surface area (Å²) in [4.78, 5) is 11.9. The lowest BCUT2D eigenvalue weighted by atomic mass is 9.96. The number of carbonyl (C=O) groups is 1. The van der Waals surface area contributed by atoms with E-state index in [9.17, 15) is 15.0 Å². The Bertz CT molecular complexity index is 1980. The fourth-order valence-corrected chi connectivity index (χ4v) is 6.89. The Hall–Kier alpha value is -4.27. The highest BCUT2D eigenvalue weighted by Gasteiger charge is 2.14. The number of ether oxygens (including phenoxy) is 3. The minimum atomic E-state index is -0.946. The van der Waals surface area contributed by atoms with Crippen molar-refractivity contribution in [3.63, 3.8) is 0 Å². The first-order valence-electron chi connectivity index (χ1n) is 20.3. The molecule has 8 heteroatoms. The lowest BCUT2D eigenvalue weighted by molar-refractivity contribution is 0.0697. The molecule has 6 nitrogen and oxygen atoms in total. The van der Waals surface area contributed by atoms with Crippen LogP contribution >= 0.6 is 31.9 Å². The molecule has 57 heavy (non-hydrogen) atoms. The summed E-state index contributed by atoms with van der Waals surface area (Å²) in [5.74, 6) is 2.81. The van der Waals surface area contributed by atoms with Crippen LogP contribution in [0.3, 0.4) is 0 Å². The molecule has 0 saturated carbocycles. The molecule has 0 aliphatic carbocycles. The fraction of sp³-hybridized carbons (Fsp3) is 0.367. The molecule has 0 bridgehead atoms. The number of halogens is 2. The van der Waals surface area contributed by atoms with Gasteiger partial charge in [0, 0.05) is 0 Å². The quantitative estimate of drug-likeness (QED) is 0.0757.